The standard InChI is InChI=1S/C11H14N2O3S2/c1-7(16-2)6-18(14,15)11-13-9-4-3-8(12)5-10(9)17-11/h3-5,7H,6,12H2,1-2H3. The number of aromatic nitrogens is 1. The van der Waals surface area contributed by atoms with Crippen molar-refractivity contribution in [1.29, 1.82) is 0 Å². The molecule has 1 aromatic heterocycles. The van der Waals surface area contributed by atoms with E-state index >= 15 is 0 Å². The number of fused-ring (bicyclic) bond motifs is 1. The first-order valence-electron chi connectivity index (χ1n) is 5.34. The van der Waals surface area contributed by atoms with E-state index in [1.54, 1.807) is 25.1 Å². The molecule has 98 valence electrons. The molecular weight excluding hydrogens is 272 g/mol. The number of hydrogen-bond acceptors (Lipinski definition) is 6. The number of nitrogens with two attached hydrogens (primary N) is 1. The monoisotopic (exact) mass is 286 g/mol. The topological polar surface area (TPSA) is 82.3 Å². The molecule has 0 fully saturated rings. The maximum absolute atomic E-state index is 12.1. The van der Waals surface area contributed by atoms with E-state index in [4.69, 9.17) is 10.5 Å². The molecule has 2 N–H and O–H groups in total. The number of benzene rings is 1. The summed E-state index contributed by atoms with van der Waals surface area (Å²) >= 11 is 1.14. The highest BCUT2D eigenvalue weighted by Gasteiger charge is 2.22. The first kappa shape index (κ1) is 13.3. The summed E-state index contributed by atoms with van der Waals surface area (Å²) in [6.07, 6.45) is -0.355. The van der Waals surface area contributed by atoms with Crippen LogP contribution in [0.3, 0.4) is 0 Å². The fourth-order valence-electron chi connectivity index (χ4n) is 1.50. The third-order valence-corrected chi connectivity index (χ3v) is 5.87. The predicted molar refractivity (Wildman–Crippen MR) is 72.6 cm³/mol. The molecular formula is C11H14N2O3S2. The second-order valence-electron chi connectivity index (χ2n) is 4.03. The maximum atomic E-state index is 12.1. The summed E-state index contributed by atoms with van der Waals surface area (Å²) < 4.78 is 30.1. The number of anilines is 1. The summed E-state index contributed by atoms with van der Waals surface area (Å²) in [6, 6.07) is 5.15. The number of ether oxygens (including phenoxy) is 1. The van der Waals surface area contributed by atoms with Crippen LogP contribution in [0.2, 0.25) is 0 Å². The van der Waals surface area contributed by atoms with Crippen LogP contribution in [0, 0.1) is 0 Å². The van der Waals surface area contributed by atoms with Crippen molar-refractivity contribution in [2.45, 2.75) is 17.4 Å². The van der Waals surface area contributed by atoms with Gasteiger partial charge in [0.1, 0.15) is 0 Å². The van der Waals surface area contributed by atoms with E-state index in [0.29, 0.717) is 11.2 Å². The summed E-state index contributed by atoms with van der Waals surface area (Å²) in [5.74, 6) is -0.0706. The molecule has 1 atom stereocenters. The minimum Gasteiger partial charge on any atom is -0.399 e. The van der Waals surface area contributed by atoms with Crippen LogP contribution in [0.1, 0.15) is 6.92 Å². The average Bonchev–Trinajstić information content (AvgIpc) is 2.71. The van der Waals surface area contributed by atoms with Gasteiger partial charge in [-0.15, -0.1) is 11.3 Å². The summed E-state index contributed by atoms with van der Waals surface area (Å²) in [5.41, 5.74) is 6.90. The molecule has 1 heterocycles. The van der Waals surface area contributed by atoms with Gasteiger partial charge in [-0.25, -0.2) is 13.4 Å². The number of nitrogens with zero attached hydrogens (tertiary/aromatic N) is 1. The summed E-state index contributed by atoms with van der Waals surface area (Å²) in [5, 5.41) is 0. The number of sulfone groups is 1. The average molecular weight is 286 g/mol. The SMILES string of the molecule is COC(C)CS(=O)(=O)c1nc2ccc(N)cc2s1. The van der Waals surface area contributed by atoms with E-state index in [2.05, 4.69) is 4.98 Å². The van der Waals surface area contributed by atoms with Gasteiger partial charge in [-0.1, -0.05) is 0 Å². The minimum atomic E-state index is -3.40. The van der Waals surface area contributed by atoms with Crippen LogP contribution >= 0.6 is 11.3 Å². The lowest BCUT2D eigenvalue weighted by atomic mass is 10.3. The Labute approximate surface area is 110 Å². The van der Waals surface area contributed by atoms with Crippen molar-refractivity contribution < 1.29 is 13.2 Å². The molecule has 0 saturated carbocycles. The Morgan fingerprint density at radius 2 is 2.22 bits per heavy atom. The molecule has 0 radical (unpaired) electrons. The Morgan fingerprint density at radius 1 is 1.50 bits per heavy atom. The first-order valence-corrected chi connectivity index (χ1v) is 7.81. The van der Waals surface area contributed by atoms with E-state index in [1.807, 2.05) is 0 Å². The van der Waals surface area contributed by atoms with Crippen molar-refractivity contribution in [1.82, 2.24) is 4.98 Å². The molecule has 5 nitrogen and oxygen atoms in total. The Kier molecular flexibility index (Phi) is 3.56. The van der Waals surface area contributed by atoms with Crippen molar-refractivity contribution in [2.24, 2.45) is 0 Å². The predicted octanol–water partition coefficient (Wildman–Crippen LogP) is 1.69. The molecule has 0 amide bonds. The van der Waals surface area contributed by atoms with E-state index in [0.717, 1.165) is 16.0 Å². The highest BCUT2D eigenvalue weighted by molar-refractivity contribution is 7.93. The van der Waals surface area contributed by atoms with Gasteiger partial charge >= 0.3 is 0 Å². The fraction of sp³-hybridized carbons (Fsp3) is 0.364. The maximum Gasteiger partial charge on any atom is 0.210 e. The van der Waals surface area contributed by atoms with Crippen molar-refractivity contribution in [3.05, 3.63) is 18.2 Å². The van der Waals surface area contributed by atoms with Crippen LogP contribution in [0.15, 0.2) is 22.5 Å². The van der Waals surface area contributed by atoms with Gasteiger partial charge in [-0.05, 0) is 25.1 Å². The second kappa shape index (κ2) is 4.83. The smallest absolute Gasteiger partial charge is 0.210 e. The third kappa shape index (κ3) is 2.63. The highest BCUT2D eigenvalue weighted by atomic mass is 32.2. The molecule has 2 aromatic rings. The van der Waals surface area contributed by atoms with E-state index in [9.17, 15) is 8.42 Å². The van der Waals surface area contributed by atoms with Crippen LogP contribution in [-0.2, 0) is 14.6 Å². The lowest BCUT2D eigenvalue weighted by Gasteiger charge is -2.07. The number of rotatable bonds is 4. The molecule has 0 aliphatic heterocycles. The van der Waals surface area contributed by atoms with Gasteiger partial charge < -0.3 is 10.5 Å². The van der Waals surface area contributed by atoms with Crippen LogP contribution in [0.25, 0.3) is 10.2 Å². The van der Waals surface area contributed by atoms with Gasteiger partial charge in [0.15, 0.2) is 0 Å². The van der Waals surface area contributed by atoms with Gasteiger partial charge in [0.2, 0.25) is 14.2 Å². The van der Waals surface area contributed by atoms with Crippen molar-refractivity contribution in [3.63, 3.8) is 0 Å². The quantitative estimate of drug-likeness (QED) is 0.865. The van der Waals surface area contributed by atoms with Gasteiger partial charge in [-0.3, -0.25) is 0 Å². The summed E-state index contributed by atoms with van der Waals surface area (Å²) in [4.78, 5) is 4.13. The number of hydrogen-bond donors (Lipinski definition) is 1. The van der Waals surface area contributed by atoms with Gasteiger partial charge in [0, 0.05) is 12.8 Å². The second-order valence-corrected chi connectivity index (χ2v) is 7.27. The van der Waals surface area contributed by atoms with Crippen LogP contribution < -0.4 is 5.73 Å². The minimum absolute atomic E-state index is 0.0706. The Balaban J connectivity index is 2.42. The molecule has 1 unspecified atom stereocenters. The lowest BCUT2D eigenvalue weighted by molar-refractivity contribution is 0.136. The molecule has 0 spiro atoms. The first-order chi connectivity index (χ1) is 8.42. The van der Waals surface area contributed by atoms with Gasteiger partial charge in [-0.2, -0.15) is 0 Å². The van der Waals surface area contributed by atoms with Gasteiger partial charge in [0.05, 0.1) is 22.1 Å². The molecule has 0 bridgehead atoms. The van der Waals surface area contributed by atoms with Crippen LogP contribution in [-0.4, -0.2) is 32.4 Å². The molecule has 0 saturated heterocycles. The molecule has 2 rings (SSSR count). The van der Waals surface area contributed by atoms with Crippen LogP contribution in [0.5, 0.6) is 0 Å². The van der Waals surface area contributed by atoms with Crippen LogP contribution in [0.4, 0.5) is 5.69 Å². The third-order valence-electron chi connectivity index (χ3n) is 2.52. The van der Waals surface area contributed by atoms with E-state index < -0.39 is 9.84 Å². The fourth-order valence-corrected chi connectivity index (χ4v) is 4.36. The Bertz CT molecular complexity index is 664. The van der Waals surface area contributed by atoms with E-state index in [1.165, 1.54) is 7.11 Å². The zero-order chi connectivity index (χ0) is 13.3. The number of nitrogen functional groups attached to an aromatic ring is 1. The number of methoxy groups -OCH3 is 1. The highest BCUT2D eigenvalue weighted by Crippen LogP contribution is 2.28. The lowest BCUT2D eigenvalue weighted by Crippen LogP contribution is -2.19. The number of thiazole rings is 1. The normalized spacial score (nSPS) is 13.9. The zero-order valence-corrected chi connectivity index (χ0v) is 11.7. The molecule has 0 aliphatic rings. The van der Waals surface area contributed by atoms with Crippen molar-refractivity contribution >= 4 is 37.1 Å². The Hall–Kier alpha value is -1.18. The molecule has 18 heavy (non-hydrogen) atoms. The summed E-state index contributed by atoms with van der Waals surface area (Å²) in [7, 11) is -1.92. The van der Waals surface area contributed by atoms with E-state index in [-0.39, 0.29) is 16.2 Å². The molecule has 1 aromatic carbocycles. The van der Waals surface area contributed by atoms with Gasteiger partial charge in [0.25, 0.3) is 0 Å². The van der Waals surface area contributed by atoms with Crippen molar-refractivity contribution in [2.75, 3.05) is 18.6 Å². The zero-order valence-electron chi connectivity index (χ0n) is 10.1. The largest absolute Gasteiger partial charge is 0.399 e. The molecule has 0 aliphatic carbocycles. The Morgan fingerprint density at radius 3 is 2.89 bits per heavy atom. The molecule has 7 heteroatoms. The van der Waals surface area contributed by atoms with Crippen molar-refractivity contribution in [3.8, 4) is 0 Å². The summed E-state index contributed by atoms with van der Waals surface area (Å²) in [6.45, 7) is 1.71.